The lowest BCUT2D eigenvalue weighted by molar-refractivity contribution is 0.381. The zero-order chi connectivity index (χ0) is 11.4. The molecule has 0 saturated carbocycles. The molecule has 0 amide bonds. The van der Waals surface area contributed by atoms with E-state index < -0.39 is 10.4 Å². The van der Waals surface area contributed by atoms with Crippen molar-refractivity contribution >= 4 is 33.6 Å². The average Bonchev–Trinajstić information content (AvgIpc) is 1.94. The molecule has 1 aromatic rings. The molecule has 0 aliphatic rings. The fraction of sp³-hybridized carbons (Fsp3) is 0. The molecule has 0 spiro atoms. The van der Waals surface area contributed by atoms with Gasteiger partial charge in [0.15, 0.2) is 0 Å². The molecule has 5 nitrogen and oxygen atoms in total. The first-order chi connectivity index (χ1) is 6.20. The maximum atomic E-state index is 8.85. The quantitative estimate of drug-likeness (QED) is 0.621. The molecular weight excluding hydrogens is 255 g/mol. The van der Waals surface area contributed by atoms with Gasteiger partial charge in [-0.3, -0.25) is 9.11 Å². The number of benzene rings is 1. The normalized spacial score (nSPS) is 10.3. The van der Waals surface area contributed by atoms with Gasteiger partial charge < -0.3 is 5.11 Å². The Bertz CT molecular complexity index is 395. The van der Waals surface area contributed by atoms with Gasteiger partial charge in [0.05, 0.1) is 5.02 Å². The Morgan fingerprint density at radius 1 is 1.14 bits per heavy atom. The molecule has 0 aliphatic carbocycles. The number of aromatic hydroxyl groups is 1. The molecule has 0 aromatic heterocycles. The topological polar surface area (TPSA) is 94.8 Å². The first kappa shape index (κ1) is 13.5. The van der Waals surface area contributed by atoms with Gasteiger partial charge in [0.1, 0.15) is 5.75 Å². The van der Waals surface area contributed by atoms with Crippen molar-refractivity contribution in [1.82, 2.24) is 0 Å². The summed E-state index contributed by atoms with van der Waals surface area (Å²) in [5, 5.41) is 9.66. The van der Waals surface area contributed by atoms with Crippen LogP contribution in [0.1, 0.15) is 0 Å². The molecule has 8 heteroatoms. The third-order valence-electron chi connectivity index (χ3n) is 0.910. The van der Waals surface area contributed by atoms with Gasteiger partial charge in [0, 0.05) is 5.02 Å². The SMILES string of the molecule is O=S(=O)(O)O.Oc1ccc(Cl)cc1Cl. The van der Waals surface area contributed by atoms with Gasteiger partial charge in [0.2, 0.25) is 0 Å². The van der Waals surface area contributed by atoms with Crippen molar-refractivity contribution in [1.29, 1.82) is 0 Å². The summed E-state index contributed by atoms with van der Waals surface area (Å²) in [6, 6.07) is 4.51. The first-order valence-corrected chi connectivity index (χ1v) is 5.19. The fourth-order valence-corrected chi connectivity index (χ4v) is 0.890. The third-order valence-corrected chi connectivity index (χ3v) is 1.45. The van der Waals surface area contributed by atoms with Crippen LogP contribution in [0, 0.1) is 0 Å². The highest BCUT2D eigenvalue weighted by Gasteiger charge is 1.95. The monoisotopic (exact) mass is 260 g/mol. The van der Waals surface area contributed by atoms with E-state index in [1.54, 1.807) is 6.07 Å². The van der Waals surface area contributed by atoms with Crippen LogP contribution >= 0.6 is 23.2 Å². The molecule has 0 heterocycles. The molecule has 0 fully saturated rings. The Hall–Kier alpha value is -0.530. The van der Waals surface area contributed by atoms with Gasteiger partial charge in [-0.05, 0) is 18.2 Å². The standard InChI is InChI=1S/C6H4Cl2O.H2O4S/c7-4-1-2-6(9)5(8)3-4;1-5(2,3)4/h1-3,9H;(H2,1,2,3,4). The number of hydrogen-bond donors (Lipinski definition) is 3. The average molecular weight is 261 g/mol. The lowest BCUT2D eigenvalue weighted by atomic mass is 10.3. The summed E-state index contributed by atoms with van der Waals surface area (Å²) in [6.07, 6.45) is 0. The molecular formula is C6H6Cl2O5S. The van der Waals surface area contributed by atoms with Gasteiger partial charge in [-0.2, -0.15) is 8.42 Å². The largest absolute Gasteiger partial charge is 0.506 e. The second-order valence-electron chi connectivity index (χ2n) is 2.04. The Labute approximate surface area is 90.5 Å². The number of phenols is 1. The zero-order valence-electron chi connectivity index (χ0n) is 6.55. The van der Waals surface area contributed by atoms with Crippen molar-refractivity contribution in [3.63, 3.8) is 0 Å². The highest BCUT2D eigenvalue weighted by atomic mass is 35.5. The highest BCUT2D eigenvalue weighted by molar-refractivity contribution is 7.79. The molecule has 0 aliphatic heterocycles. The summed E-state index contributed by atoms with van der Waals surface area (Å²) in [7, 11) is -4.67. The Morgan fingerprint density at radius 3 is 1.86 bits per heavy atom. The lowest BCUT2D eigenvalue weighted by Gasteiger charge is -1.93. The molecule has 80 valence electrons. The van der Waals surface area contributed by atoms with Gasteiger partial charge in [-0.15, -0.1) is 0 Å². The minimum atomic E-state index is -4.67. The van der Waals surface area contributed by atoms with Crippen molar-refractivity contribution in [2.45, 2.75) is 0 Å². The molecule has 1 aromatic carbocycles. The van der Waals surface area contributed by atoms with Crippen molar-refractivity contribution < 1.29 is 22.6 Å². The van der Waals surface area contributed by atoms with E-state index in [0.717, 1.165) is 0 Å². The molecule has 0 unspecified atom stereocenters. The highest BCUT2D eigenvalue weighted by Crippen LogP contribution is 2.25. The minimum absolute atomic E-state index is 0.0565. The van der Waals surface area contributed by atoms with Gasteiger partial charge in [0.25, 0.3) is 0 Å². The van der Waals surface area contributed by atoms with Crippen molar-refractivity contribution in [3.05, 3.63) is 28.2 Å². The summed E-state index contributed by atoms with van der Waals surface area (Å²) in [5.74, 6) is 0.0565. The summed E-state index contributed by atoms with van der Waals surface area (Å²) in [5.41, 5.74) is 0. The maximum Gasteiger partial charge on any atom is 0.394 e. The second-order valence-corrected chi connectivity index (χ2v) is 3.78. The number of hydrogen-bond acceptors (Lipinski definition) is 3. The zero-order valence-corrected chi connectivity index (χ0v) is 8.88. The van der Waals surface area contributed by atoms with E-state index in [9.17, 15) is 0 Å². The summed E-state index contributed by atoms with van der Waals surface area (Å²) in [4.78, 5) is 0. The summed E-state index contributed by atoms with van der Waals surface area (Å²) < 4.78 is 31.6. The van der Waals surface area contributed by atoms with Crippen LogP contribution in [0.3, 0.4) is 0 Å². The lowest BCUT2D eigenvalue weighted by Crippen LogP contribution is -1.89. The van der Waals surface area contributed by atoms with Crippen molar-refractivity contribution in [2.75, 3.05) is 0 Å². The van der Waals surface area contributed by atoms with Crippen molar-refractivity contribution in [3.8, 4) is 5.75 Å². The number of rotatable bonds is 0. The fourth-order valence-electron chi connectivity index (χ4n) is 0.481. The van der Waals surface area contributed by atoms with E-state index in [1.807, 2.05) is 0 Å². The predicted molar refractivity (Wildman–Crippen MR) is 52.3 cm³/mol. The minimum Gasteiger partial charge on any atom is -0.506 e. The van der Waals surface area contributed by atoms with Gasteiger partial charge in [-0.25, -0.2) is 0 Å². The molecule has 0 bridgehead atoms. The maximum absolute atomic E-state index is 8.85. The van der Waals surface area contributed by atoms with E-state index in [1.165, 1.54) is 12.1 Å². The molecule has 14 heavy (non-hydrogen) atoms. The summed E-state index contributed by atoms with van der Waals surface area (Å²) in [6.45, 7) is 0. The van der Waals surface area contributed by atoms with Crippen LogP contribution in [0.2, 0.25) is 10.0 Å². The van der Waals surface area contributed by atoms with Crippen LogP contribution < -0.4 is 0 Å². The Kier molecular flexibility index (Phi) is 5.17. The summed E-state index contributed by atoms with van der Waals surface area (Å²) >= 11 is 11.0. The smallest absolute Gasteiger partial charge is 0.394 e. The van der Waals surface area contributed by atoms with Gasteiger partial charge in [-0.1, -0.05) is 23.2 Å². The molecule has 0 atom stereocenters. The second kappa shape index (κ2) is 5.38. The molecule has 1 rings (SSSR count). The van der Waals surface area contributed by atoms with Crippen LogP contribution in [-0.4, -0.2) is 22.6 Å². The Morgan fingerprint density at radius 2 is 1.57 bits per heavy atom. The number of halogens is 2. The molecule has 3 N–H and O–H groups in total. The van der Waals surface area contributed by atoms with Crippen LogP contribution in [-0.2, 0) is 10.4 Å². The Balaban J connectivity index is 0.000000292. The van der Waals surface area contributed by atoms with E-state index in [-0.39, 0.29) is 10.8 Å². The van der Waals surface area contributed by atoms with Crippen LogP contribution in [0.4, 0.5) is 0 Å². The first-order valence-electron chi connectivity index (χ1n) is 3.04. The van der Waals surface area contributed by atoms with Crippen LogP contribution in [0.5, 0.6) is 5.75 Å². The van der Waals surface area contributed by atoms with E-state index in [0.29, 0.717) is 5.02 Å². The van der Waals surface area contributed by atoms with Crippen molar-refractivity contribution in [2.24, 2.45) is 0 Å². The van der Waals surface area contributed by atoms with Crippen LogP contribution in [0.15, 0.2) is 18.2 Å². The van der Waals surface area contributed by atoms with Gasteiger partial charge >= 0.3 is 10.4 Å². The van der Waals surface area contributed by atoms with E-state index in [4.69, 9.17) is 45.8 Å². The van der Waals surface area contributed by atoms with Crippen LogP contribution in [0.25, 0.3) is 0 Å². The van der Waals surface area contributed by atoms with E-state index >= 15 is 0 Å². The van der Waals surface area contributed by atoms with E-state index in [2.05, 4.69) is 0 Å². The molecule has 0 saturated heterocycles. The predicted octanol–water partition coefficient (Wildman–Crippen LogP) is 2.05. The third kappa shape index (κ3) is 8.09. The number of phenolic OH excluding ortho intramolecular Hbond substituents is 1. The molecule has 0 radical (unpaired) electrons.